The van der Waals surface area contributed by atoms with Crippen LogP contribution in [0.4, 0.5) is 5.69 Å². The van der Waals surface area contributed by atoms with Crippen molar-refractivity contribution in [2.45, 2.75) is 12.5 Å². The number of ketones is 1. The van der Waals surface area contributed by atoms with Crippen LogP contribution in [-0.4, -0.2) is 20.0 Å². The summed E-state index contributed by atoms with van der Waals surface area (Å²) in [5.74, 6) is 1.60. The lowest BCUT2D eigenvalue weighted by molar-refractivity contribution is 0.0976. The molecule has 0 aliphatic carbocycles. The molecule has 27 heavy (non-hydrogen) atoms. The first-order valence-corrected chi connectivity index (χ1v) is 8.83. The third-order valence-electron chi connectivity index (χ3n) is 4.44. The highest BCUT2D eigenvalue weighted by atomic mass is 16.5. The van der Waals surface area contributed by atoms with Gasteiger partial charge in [0.2, 0.25) is 0 Å². The number of Topliss-reactive ketones (excluding diaryl/α,β-unsaturated/α-hetero) is 1. The topological polar surface area (TPSA) is 47.6 Å². The number of carbonyl (C=O) groups is 1. The zero-order valence-corrected chi connectivity index (χ0v) is 15.5. The SMILES string of the molecule is COc1ccc([C@@H](CC(=O)c2ccccc2)Nc2ccccc2OC)cc1. The van der Waals surface area contributed by atoms with Crippen LogP contribution in [0.3, 0.4) is 0 Å². The Morgan fingerprint density at radius 1 is 0.852 bits per heavy atom. The van der Waals surface area contributed by atoms with Gasteiger partial charge in [-0.15, -0.1) is 0 Å². The van der Waals surface area contributed by atoms with E-state index in [1.165, 1.54) is 0 Å². The summed E-state index contributed by atoms with van der Waals surface area (Å²) in [7, 11) is 3.27. The number of nitrogens with one attached hydrogen (secondary N) is 1. The largest absolute Gasteiger partial charge is 0.497 e. The van der Waals surface area contributed by atoms with E-state index in [4.69, 9.17) is 9.47 Å². The maximum Gasteiger partial charge on any atom is 0.165 e. The molecule has 3 rings (SSSR count). The van der Waals surface area contributed by atoms with Gasteiger partial charge in [0.25, 0.3) is 0 Å². The van der Waals surface area contributed by atoms with E-state index in [-0.39, 0.29) is 11.8 Å². The van der Waals surface area contributed by atoms with Crippen LogP contribution in [0.2, 0.25) is 0 Å². The maximum absolute atomic E-state index is 12.8. The normalized spacial score (nSPS) is 11.5. The summed E-state index contributed by atoms with van der Waals surface area (Å²) in [5.41, 5.74) is 2.56. The third kappa shape index (κ3) is 4.67. The van der Waals surface area contributed by atoms with Crippen molar-refractivity contribution < 1.29 is 14.3 Å². The summed E-state index contributed by atoms with van der Waals surface area (Å²) in [6.07, 6.45) is 0.328. The van der Waals surface area contributed by atoms with Crippen LogP contribution in [-0.2, 0) is 0 Å². The van der Waals surface area contributed by atoms with Crippen LogP contribution in [0, 0.1) is 0 Å². The quantitative estimate of drug-likeness (QED) is 0.565. The van der Waals surface area contributed by atoms with Crippen molar-refractivity contribution in [2.75, 3.05) is 19.5 Å². The van der Waals surface area contributed by atoms with Gasteiger partial charge in [0.15, 0.2) is 5.78 Å². The fraction of sp³-hybridized carbons (Fsp3) is 0.174. The van der Waals surface area contributed by atoms with E-state index in [2.05, 4.69) is 5.32 Å². The summed E-state index contributed by atoms with van der Waals surface area (Å²) < 4.78 is 10.7. The van der Waals surface area contributed by atoms with Gasteiger partial charge in [0, 0.05) is 12.0 Å². The summed E-state index contributed by atoms with van der Waals surface area (Å²) in [6.45, 7) is 0. The number of rotatable bonds is 8. The lowest BCUT2D eigenvalue weighted by atomic mass is 9.97. The van der Waals surface area contributed by atoms with Crippen LogP contribution < -0.4 is 14.8 Å². The highest BCUT2D eigenvalue weighted by molar-refractivity contribution is 5.96. The van der Waals surface area contributed by atoms with E-state index >= 15 is 0 Å². The van der Waals surface area contributed by atoms with Crippen LogP contribution in [0.1, 0.15) is 28.4 Å². The van der Waals surface area contributed by atoms with Crippen molar-refractivity contribution in [3.63, 3.8) is 0 Å². The van der Waals surface area contributed by atoms with Crippen molar-refractivity contribution in [1.82, 2.24) is 0 Å². The highest BCUT2D eigenvalue weighted by Crippen LogP contribution is 2.31. The highest BCUT2D eigenvalue weighted by Gasteiger charge is 2.18. The van der Waals surface area contributed by atoms with Gasteiger partial charge in [-0.1, -0.05) is 54.6 Å². The van der Waals surface area contributed by atoms with E-state index in [0.29, 0.717) is 12.0 Å². The molecule has 4 nitrogen and oxygen atoms in total. The first-order valence-electron chi connectivity index (χ1n) is 8.83. The van der Waals surface area contributed by atoms with Crippen LogP contribution >= 0.6 is 0 Å². The third-order valence-corrected chi connectivity index (χ3v) is 4.44. The number of hydrogen-bond donors (Lipinski definition) is 1. The van der Waals surface area contributed by atoms with Crippen molar-refractivity contribution in [2.24, 2.45) is 0 Å². The van der Waals surface area contributed by atoms with Crippen LogP contribution in [0.5, 0.6) is 11.5 Å². The molecule has 0 bridgehead atoms. The molecular weight excluding hydrogens is 338 g/mol. The second kappa shape index (κ2) is 8.90. The second-order valence-corrected chi connectivity index (χ2v) is 6.16. The molecule has 3 aromatic carbocycles. The molecule has 0 aliphatic heterocycles. The molecule has 0 heterocycles. The van der Waals surface area contributed by atoms with Crippen LogP contribution in [0.25, 0.3) is 0 Å². The Bertz CT molecular complexity index is 876. The molecule has 0 radical (unpaired) electrons. The summed E-state index contributed by atoms with van der Waals surface area (Å²) in [6, 6.07) is 24.6. The van der Waals surface area contributed by atoms with E-state index in [0.717, 1.165) is 22.7 Å². The molecule has 0 spiro atoms. The molecule has 3 aromatic rings. The minimum Gasteiger partial charge on any atom is -0.497 e. The Balaban J connectivity index is 1.89. The molecule has 1 N–H and O–H groups in total. The molecular formula is C23H23NO3. The molecule has 138 valence electrons. The van der Waals surface area contributed by atoms with Crippen LogP contribution in [0.15, 0.2) is 78.9 Å². The predicted octanol–water partition coefficient (Wildman–Crippen LogP) is 5.13. The Kier molecular flexibility index (Phi) is 6.10. The molecule has 0 fully saturated rings. The van der Waals surface area contributed by atoms with E-state index < -0.39 is 0 Å². The fourth-order valence-electron chi connectivity index (χ4n) is 2.97. The average Bonchev–Trinajstić information content (AvgIpc) is 2.74. The zero-order valence-electron chi connectivity index (χ0n) is 15.5. The van der Waals surface area contributed by atoms with E-state index in [9.17, 15) is 4.79 Å². The molecule has 0 saturated carbocycles. The molecule has 0 unspecified atom stereocenters. The number of hydrogen-bond acceptors (Lipinski definition) is 4. The summed E-state index contributed by atoms with van der Waals surface area (Å²) >= 11 is 0. The van der Waals surface area contributed by atoms with Gasteiger partial charge < -0.3 is 14.8 Å². The van der Waals surface area contributed by atoms with Crippen molar-refractivity contribution in [3.8, 4) is 11.5 Å². The predicted molar refractivity (Wildman–Crippen MR) is 108 cm³/mol. The average molecular weight is 361 g/mol. The van der Waals surface area contributed by atoms with Gasteiger partial charge in [-0.2, -0.15) is 0 Å². The number of benzene rings is 3. The first kappa shape index (κ1) is 18.5. The van der Waals surface area contributed by atoms with Gasteiger partial charge in [-0.25, -0.2) is 0 Å². The molecule has 0 aromatic heterocycles. The standard InChI is InChI=1S/C23H23NO3/c1-26-19-14-12-17(13-15-19)21(16-22(25)18-8-4-3-5-9-18)24-20-10-6-7-11-23(20)27-2/h3-15,21,24H,16H2,1-2H3/t21-/m1/s1. The van der Waals surface area contributed by atoms with Crippen molar-refractivity contribution >= 4 is 11.5 Å². The van der Waals surface area contributed by atoms with Crippen molar-refractivity contribution in [3.05, 3.63) is 90.0 Å². The second-order valence-electron chi connectivity index (χ2n) is 6.16. The lowest BCUT2D eigenvalue weighted by Crippen LogP contribution is -2.16. The Hall–Kier alpha value is -3.27. The van der Waals surface area contributed by atoms with Crippen molar-refractivity contribution in [1.29, 1.82) is 0 Å². The molecule has 1 atom stereocenters. The summed E-state index contributed by atoms with van der Waals surface area (Å²) in [4.78, 5) is 12.8. The first-order chi connectivity index (χ1) is 13.2. The fourth-order valence-corrected chi connectivity index (χ4v) is 2.97. The number of anilines is 1. The van der Waals surface area contributed by atoms with E-state index in [1.54, 1.807) is 14.2 Å². The monoisotopic (exact) mass is 361 g/mol. The Morgan fingerprint density at radius 2 is 1.52 bits per heavy atom. The maximum atomic E-state index is 12.8. The molecule has 0 aliphatic rings. The minimum atomic E-state index is -0.195. The van der Waals surface area contributed by atoms with Gasteiger partial charge in [-0.3, -0.25) is 4.79 Å². The van der Waals surface area contributed by atoms with E-state index in [1.807, 2.05) is 78.9 Å². The zero-order chi connectivity index (χ0) is 19.1. The smallest absolute Gasteiger partial charge is 0.165 e. The minimum absolute atomic E-state index is 0.0822. The van der Waals surface area contributed by atoms with Gasteiger partial charge in [-0.05, 0) is 29.8 Å². The molecule has 0 saturated heterocycles. The molecule has 4 heteroatoms. The molecule has 0 amide bonds. The van der Waals surface area contributed by atoms with Gasteiger partial charge in [0.05, 0.1) is 25.9 Å². The van der Waals surface area contributed by atoms with Gasteiger partial charge >= 0.3 is 0 Å². The number of methoxy groups -OCH3 is 2. The van der Waals surface area contributed by atoms with Gasteiger partial charge in [0.1, 0.15) is 11.5 Å². The number of carbonyl (C=O) groups excluding carboxylic acids is 1. The Labute approximate surface area is 159 Å². The number of ether oxygens (including phenoxy) is 2. The lowest BCUT2D eigenvalue weighted by Gasteiger charge is -2.21. The number of para-hydroxylation sites is 2. The summed E-state index contributed by atoms with van der Waals surface area (Å²) in [5, 5.41) is 3.47. The Morgan fingerprint density at radius 3 is 2.19 bits per heavy atom.